The van der Waals surface area contributed by atoms with E-state index in [9.17, 15) is 0 Å². The van der Waals surface area contributed by atoms with Crippen LogP contribution >= 0.6 is 0 Å². The van der Waals surface area contributed by atoms with E-state index in [0.717, 1.165) is 61.2 Å². The van der Waals surface area contributed by atoms with Crippen LogP contribution in [0.15, 0.2) is 199 Å². The Labute approximate surface area is 291 Å². The number of aromatic nitrogens is 1. The summed E-state index contributed by atoms with van der Waals surface area (Å²) in [4.78, 5) is 7.41. The van der Waals surface area contributed by atoms with Gasteiger partial charge in [0.15, 0.2) is 5.58 Å². The van der Waals surface area contributed by atoms with Gasteiger partial charge in [0, 0.05) is 33.5 Å². The standard InChI is InChI=1S/C47H32N2O/c1-4-14-33(15-5-1)34-24-28-39(29-25-34)49(44-23-13-12-21-41(44)35-16-6-2-7-17-35)40-30-26-36(27-31-40)43-32-38-20-10-11-22-42(38)46-45(43)48-47(50-46)37-18-8-3-9-19-37/h1-32H. The number of anilines is 3. The molecule has 0 fully saturated rings. The smallest absolute Gasteiger partial charge is 0.227 e. The van der Waals surface area contributed by atoms with E-state index in [-0.39, 0.29) is 0 Å². The van der Waals surface area contributed by atoms with Crippen LogP contribution in [0.1, 0.15) is 0 Å². The molecule has 0 bridgehead atoms. The molecule has 3 heteroatoms. The van der Waals surface area contributed by atoms with Crippen molar-refractivity contribution in [2.24, 2.45) is 0 Å². The fourth-order valence-electron chi connectivity index (χ4n) is 6.84. The first kappa shape index (κ1) is 29.4. The second kappa shape index (κ2) is 12.7. The van der Waals surface area contributed by atoms with E-state index in [4.69, 9.17) is 9.40 Å². The zero-order valence-electron chi connectivity index (χ0n) is 27.3. The summed E-state index contributed by atoms with van der Waals surface area (Å²) < 4.78 is 6.48. The number of para-hydroxylation sites is 1. The van der Waals surface area contributed by atoms with Crippen molar-refractivity contribution in [1.29, 1.82) is 0 Å². The second-order valence-corrected chi connectivity index (χ2v) is 12.4. The van der Waals surface area contributed by atoms with Gasteiger partial charge in [-0.05, 0) is 76.2 Å². The molecule has 9 aromatic rings. The normalized spacial score (nSPS) is 11.2. The lowest BCUT2D eigenvalue weighted by molar-refractivity contribution is 0.623. The molecule has 0 spiro atoms. The minimum Gasteiger partial charge on any atom is -0.435 e. The van der Waals surface area contributed by atoms with E-state index in [1.54, 1.807) is 0 Å². The molecule has 0 aliphatic rings. The molecule has 1 heterocycles. The summed E-state index contributed by atoms with van der Waals surface area (Å²) >= 11 is 0. The van der Waals surface area contributed by atoms with Crippen LogP contribution in [0.5, 0.6) is 0 Å². The molecule has 0 radical (unpaired) electrons. The van der Waals surface area contributed by atoms with Gasteiger partial charge in [-0.15, -0.1) is 0 Å². The van der Waals surface area contributed by atoms with Gasteiger partial charge in [-0.3, -0.25) is 0 Å². The number of nitrogens with zero attached hydrogens (tertiary/aromatic N) is 2. The van der Waals surface area contributed by atoms with E-state index in [1.165, 1.54) is 16.7 Å². The van der Waals surface area contributed by atoms with Gasteiger partial charge in [-0.2, -0.15) is 0 Å². The summed E-state index contributed by atoms with van der Waals surface area (Å²) in [5, 5.41) is 2.17. The molecular weight excluding hydrogens is 609 g/mol. The molecule has 0 saturated carbocycles. The van der Waals surface area contributed by atoms with E-state index >= 15 is 0 Å². The Balaban J connectivity index is 1.18. The molecule has 0 unspecified atom stereocenters. The maximum absolute atomic E-state index is 6.48. The zero-order valence-corrected chi connectivity index (χ0v) is 27.3. The van der Waals surface area contributed by atoms with Crippen LogP contribution in [0.3, 0.4) is 0 Å². The van der Waals surface area contributed by atoms with Gasteiger partial charge in [-0.1, -0.05) is 146 Å². The SMILES string of the molecule is c1ccc(-c2ccc(N(c3ccc(-c4cc5ccccc5c5oc(-c6ccccc6)nc45)cc3)c3ccccc3-c3ccccc3)cc2)cc1. The first-order valence-corrected chi connectivity index (χ1v) is 16.9. The first-order valence-electron chi connectivity index (χ1n) is 16.9. The van der Waals surface area contributed by atoms with Crippen molar-refractivity contribution < 1.29 is 4.42 Å². The van der Waals surface area contributed by atoms with Gasteiger partial charge in [-0.25, -0.2) is 4.98 Å². The highest BCUT2D eigenvalue weighted by Crippen LogP contribution is 2.43. The Kier molecular flexibility index (Phi) is 7.49. The Morgan fingerprint density at radius 1 is 0.400 bits per heavy atom. The van der Waals surface area contributed by atoms with Crippen molar-refractivity contribution in [3.63, 3.8) is 0 Å². The highest BCUT2D eigenvalue weighted by Gasteiger charge is 2.20. The third-order valence-electron chi connectivity index (χ3n) is 9.31. The molecule has 1 aromatic heterocycles. The summed E-state index contributed by atoms with van der Waals surface area (Å²) in [5.41, 5.74) is 12.7. The predicted octanol–water partition coefficient (Wildman–Crippen LogP) is 13.1. The molecule has 8 aromatic carbocycles. The van der Waals surface area contributed by atoms with Gasteiger partial charge in [0.2, 0.25) is 5.89 Å². The number of rotatable bonds is 7. The molecular formula is C47H32N2O. The van der Waals surface area contributed by atoms with Crippen molar-refractivity contribution in [3.8, 4) is 44.8 Å². The lowest BCUT2D eigenvalue weighted by Crippen LogP contribution is -2.11. The van der Waals surface area contributed by atoms with Crippen LogP contribution < -0.4 is 4.90 Å². The number of fused-ring (bicyclic) bond motifs is 3. The molecule has 0 amide bonds. The third-order valence-corrected chi connectivity index (χ3v) is 9.31. The van der Waals surface area contributed by atoms with Crippen molar-refractivity contribution in [3.05, 3.63) is 194 Å². The van der Waals surface area contributed by atoms with Crippen molar-refractivity contribution in [1.82, 2.24) is 4.98 Å². The molecule has 0 saturated heterocycles. The molecule has 0 aliphatic carbocycles. The average Bonchev–Trinajstić information content (AvgIpc) is 3.66. The van der Waals surface area contributed by atoms with E-state index in [1.807, 2.05) is 30.3 Å². The molecule has 0 atom stereocenters. The van der Waals surface area contributed by atoms with Gasteiger partial charge in [0.1, 0.15) is 5.52 Å². The lowest BCUT2D eigenvalue weighted by atomic mass is 9.98. The number of hydrogen-bond donors (Lipinski definition) is 0. The Bertz CT molecular complexity index is 2560. The fourth-order valence-corrected chi connectivity index (χ4v) is 6.84. The first-order chi connectivity index (χ1) is 24.8. The van der Waals surface area contributed by atoms with Crippen LogP contribution in [0.4, 0.5) is 17.1 Å². The Morgan fingerprint density at radius 2 is 0.900 bits per heavy atom. The number of oxazole rings is 1. The third kappa shape index (κ3) is 5.41. The zero-order chi connectivity index (χ0) is 33.3. The summed E-state index contributed by atoms with van der Waals surface area (Å²) in [6.45, 7) is 0. The van der Waals surface area contributed by atoms with Gasteiger partial charge in [0.05, 0.1) is 5.69 Å². The Hall–Kier alpha value is -6.71. The summed E-state index contributed by atoms with van der Waals surface area (Å²) in [7, 11) is 0. The maximum atomic E-state index is 6.48. The summed E-state index contributed by atoms with van der Waals surface area (Å²) in [5.74, 6) is 0.623. The van der Waals surface area contributed by atoms with Gasteiger partial charge >= 0.3 is 0 Å². The maximum Gasteiger partial charge on any atom is 0.227 e. The minimum absolute atomic E-state index is 0.623. The van der Waals surface area contributed by atoms with Gasteiger partial charge in [0.25, 0.3) is 0 Å². The van der Waals surface area contributed by atoms with Crippen molar-refractivity contribution in [2.75, 3.05) is 4.90 Å². The van der Waals surface area contributed by atoms with E-state index in [0.29, 0.717) is 5.89 Å². The van der Waals surface area contributed by atoms with Crippen molar-refractivity contribution in [2.45, 2.75) is 0 Å². The molecule has 0 aliphatic heterocycles. The predicted molar refractivity (Wildman–Crippen MR) is 208 cm³/mol. The number of hydrogen-bond acceptors (Lipinski definition) is 3. The van der Waals surface area contributed by atoms with Crippen molar-refractivity contribution >= 4 is 38.9 Å². The topological polar surface area (TPSA) is 29.3 Å². The average molecular weight is 641 g/mol. The van der Waals surface area contributed by atoms with E-state index in [2.05, 4.69) is 169 Å². The minimum atomic E-state index is 0.623. The quantitative estimate of drug-likeness (QED) is 0.174. The lowest BCUT2D eigenvalue weighted by Gasteiger charge is -2.28. The van der Waals surface area contributed by atoms with Crippen LogP contribution in [0.2, 0.25) is 0 Å². The largest absolute Gasteiger partial charge is 0.435 e. The molecule has 0 N–H and O–H groups in total. The highest BCUT2D eigenvalue weighted by atomic mass is 16.3. The highest BCUT2D eigenvalue weighted by molar-refractivity contribution is 6.10. The molecule has 50 heavy (non-hydrogen) atoms. The monoisotopic (exact) mass is 640 g/mol. The van der Waals surface area contributed by atoms with Crippen LogP contribution in [-0.2, 0) is 0 Å². The summed E-state index contributed by atoms with van der Waals surface area (Å²) in [6, 6.07) is 68.1. The fraction of sp³-hybridized carbons (Fsp3) is 0. The summed E-state index contributed by atoms with van der Waals surface area (Å²) in [6.07, 6.45) is 0. The second-order valence-electron chi connectivity index (χ2n) is 12.4. The number of benzene rings is 8. The Morgan fingerprint density at radius 3 is 1.58 bits per heavy atom. The molecule has 9 rings (SSSR count). The van der Waals surface area contributed by atoms with E-state index < -0.39 is 0 Å². The van der Waals surface area contributed by atoms with Crippen LogP contribution in [0, 0.1) is 0 Å². The van der Waals surface area contributed by atoms with Gasteiger partial charge < -0.3 is 9.32 Å². The molecule has 236 valence electrons. The molecule has 3 nitrogen and oxygen atoms in total. The van der Waals surface area contributed by atoms with Crippen LogP contribution in [-0.4, -0.2) is 4.98 Å². The van der Waals surface area contributed by atoms with Crippen LogP contribution in [0.25, 0.3) is 66.7 Å².